The molecule has 0 aliphatic rings. The van der Waals surface area contributed by atoms with Gasteiger partial charge in [-0.25, -0.2) is 0 Å². The summed E-state index contributed by atoms with van der Waals surface area (Å²) in [6.07, 6.45) is 0. The predicted octanol–water partition coefficient (Wildman–Crippen LogP) is 0.380. The minimum Gasteiger partial charge on any atom is -0.325 e. The highest BCUT2D eigenvalue weighted by molar-refractivity contribution is 9.06. The Morgan fingerprint density at radius 3 is 2.10 bits per heavy atom. The minimum absolute atomic E-state index is 0.203. The molecule has 0 saturated carbocycles. The van der Waals surface area contributed by atoms with Crippen molar-refractivity contribution in [3.63, 3.8) is 0 Å². The van der Waals surface area contributed by atoms with E-state index in [1.54, 1.807) is 13.8 Å². The molecule has 0 heterocycles. The van der Waals surface area contributed by atoms with E-state index in [4.69, 9.17) is 5.73 Å². The Morgan fingerprint density at radius 2 is 2.00 bits per heavy atom. The van der Waals surface area contributed by atoms with Gasteiger partial charge < -0.3 is 5.73 Å². The van der Waals surface area contributed by atoms with Gasteiger partial charge in [-0.2, -0.15) is 11.7 Å². The van der Waals surface area contributed by atoms with E-state index in [0.29, 0.717) is 0 Å². The number of nitrogens with two attached hydrogens (primary N) is 1. The van der Waals surface area contributed by atoms with Crippen molar-refractivity contribution in [3.05, 3.63) is 0 Å². The average molecular weight is 232 g/mol. The molecule has 0 saturated heterocycles. The SMILES string of the molecule is CC(C)(N)CS(=O)(=O)OBr. The molecule has 0 rings (SSSR count). The van der Waals surface area contributed by atoms with Crippen LogP contribution in [-0.2, 0) is 13.4 Å². The van der Waals surface area contributed by atoms with Crippen LogP contribution in [0, 0.1) is 0 Å². The first kappa shape index (κ1) is 10.3. The second-order valence-electron chi connectivity index (χ2n) is 2.75. The third kappa shape index (κ3) is 5.16. The Bertz CT molecular complexity index is 193. The molecule has 4 nitrogen and oxygen atoms in total. The van der Waals surface area contributed by atoms with Crippen molar-refractivity contribution in [1.82, 2.24) is 0 Å². The van der Waals surface area contributed by atoms with Crippen LogP contribution in [0.1, 0.15) is 13.8 Å². The first-order valence-electron chi connectivity index (χ1n) is 2.59. The standard InChI is InChI=1S/C4H10BrNO3S/c1-4(2,6)3-10(7,8)9-5/h3,6H2,1-2H3. The lowest BCUT2D eigenvalue weighted by Crippen LogP contribution is -2.39. The van der Waals surface area contributed by atoms with E-state index in [-0.39, 0.29) is 5.75 Å². The van der Waals surface area contributed by atoms with Crippen LogP contribution < -0.4 is 5.73 Å². The third-order valence-corrected chi connectivity index (χ3v) is 3.14. The molecule has 0 bridgehead atoms. The van der Waals surface area contributed by atoms with Crippen LogP contribution in [0.15, 0.2) is 0 Å². The van der Waals surface area contributed by atoms with Crippen molar-refractivity contribution in [2.75, 3.05) is 5.75 Å². The van der Waals surface area contributed by atoms with E-state index in [0.717, 1.165) is 0 Å². The molecule has 0 aromatic rings. The highest BCUT2D eigenvalue weighted by Gasteiger charge is 2.21. The Balaban J connectivity index is 4.18. The van der Waals surface area contributed by atoms with Gasteiger partial charge in [-0.1, -0.05) is 0 Å². The van der Waals surface area contributed by atoms with E-state index in [1.807, 2.05) is 0 Å². The molecule has 0 atom stereocenters. The zero-order chi connectivity index (χ0) is 8.41. The van der Waals surface area contributed by atoms with E-state index < -0.39 is 15.7 Å². The predicted molar refractivity (Wildman–Crippen MR) is 42.1 cm³/mol. The molecule has 0 fully saturated rings. The van der Waals surface area contributed by atoms with Crippen LogP contribution >= 0.6 is 16.3 Å². The van der Waals surface area contributed by atoms with Crippen molar-refractivity contribution >= 4 is 26.4 Å². The second-order valence-corrected chi connectivity index (χ2v) is 5.08. The zero-order valence-electron chi connectivity index (χ0n) is 5.80. The van der Waals surface area contributed by atoms with Gasteiger partial charge in [-0.3, -0.25) is 0 Å². The lowest BCUT2D eigenvalue weighted by molar-refractivity contribution is 0.495. The summed E-state index contributed by atoms with van der Waals surface area (Å²) in [5.41, 5.74) is 4.66. The summed E-state index contributed by atoms with van der Waals surface area (Å²) in [5.74, 6) is -0.203. The summed E-state index contributed by atoms with van der Waals surface area (Å²) < 4.78 is 25.4. The molecule has 0 radical (unpaired) electrons. The van der Waals surface area contributed by atoms with E-state index >= 15 is 0 Å². The van der Waals surface area contributed by atoms with Crippen molar-refractivity contribution in [1.29, 1.82) is 0 Å². The molecule has 0 aliphatic carbocycles. The summed E-state index contributed by atoms with van der Waals surface area (Å²) in [6, 6.07) is 0. The Kier molecular flexibility index (Phi) is 3.28. The zero-order valence-corrected chi connectivity index (χ0v) is 8.20. The largest absolute Gasteiger partial charge is 0.325 e. The maximum atomic E-state index is 10.7. The lowest BCUT2D eigenvalue weighted by atomic mass is 10.1. The van der Waals surface area contributed by atoms with Crippen LogP contribution in [0.25, 0.3) is 0 Å². The van der Waals surface area contributed by atoms with Crippen LogP contribution in [0.5, 0.6) is 0 Å². The first-order chi connectivity index (χ1) is 4.27. The van der Waals surface area contributed by atoms with Crippen molar-refractivity contribution in [3.8, 4) is 0 Å². The topological polar surface area (TPSA) is 69.4 Å². The number of halogens is 1. The van der Waals surface area contributed by atoms with Gasteiger partial charge in [0.25, 0.3) is 10.1 Å². The molecule has 0 aromatic heterocycles. The van der Waals surface area contributed by atoms with Gasteiger partial charge in [0.05, 0.1) is 5.75 Å². The van der Waals surface area contributed by atoms with Crippen LogP contribution in [0.2, 0.25) is 0 Å². The van der Waals surface area contributed by atoms with Crippen molar-refractivity contribution < 1.29 is 11.7 Å². The van der Waals surface area contributed by atoms with Gasteiger partial charge in [-0.15, -0.1) is 0 Å². The summed E-state index contributed by atoms with van der Waals surface area (Å²) in [7, 11) is -3.49. The number of hydrogen-bond acceptors (Lipinski definition) is 4. The third-order valence-electron chi connectivity index (χ3n) is 0.645. The quantitative estimate of drug-likeness (QED) is 0.763. The number of rotatable bonds is 3. The van der Waals surface area contributed by atoms with Gasteiger partial charge in [0.1, 0.15) is 16.3 Å². The molecule has 0 spiro atoms. The first-order valence-corrected chi connectivity index (χ1v) is 4.81. The maximum absolute atomic E-state index is 10.7. The normalized spacial score (nSPS) is 13.6. The van der Waals surface area contributed by atoms with E-state index in [9.17, 15) is 8.42 Å². The molecule has 62 valence electrons. The lowest BCUT2D eigenvalue weighted by Gasteiger charge is -2.15. The van der Waals surface area contributed by atoms with Crippen LogP contribution in [-0.4, -0.2) is 19.7 Å². The monoisotopic (exact) mass is 231 g/mol. The second kappa shape index (κ2) is 3.17. The Labute approximate surface area is 69.3 Å². The van der Waals surface area contributed by atoms with Gasteiger partial charge in [-0.05, 0) is 13.8 Å². The smallest absolute Gasteiger partial charge is 0.279 e. The highest BCUT2D eigenvalue weighted by atomic mass is 79.9. The maximum Gasteiger partial charge on any atom is 0.279 e. The molecule has 0 unspecified atom stereocenters. The molecule has 0 aliphatic heterocycles. The number of hydrogen-bond donors (Lipinski definition) is 1. The minimum atomic E-state index is -3.49. The highest BCUT2D eigenvalue weighted by Crippen LogP contribution is 2.06. The van der Waals surface area contributed by atoms with Crippen molar-refractivity contribution in [2.45, 2.75) is 19.4 Å². The summed E-state index contributed by atoms with van der Waals surface area (Å²) in [6.45, 7) is 3.22. The van der Waals surface area contributed by atoms with Gasteiger partial charge in [0, 0.05) is 5.54 Å². The van der Waals surface area contributed by atoms with Gasteiger partial charge in [0.15, 0.2) is 0 Å². The van der Waals surface area contributed by atoms with Gasteiger partial charge in [0.2, 0.25) is 0 Å². The van der Waals surface area contributed by atoms with E-state index in [1.165, 1.54) is 0 Å². The van der Waals surface area contributed by atoms with Crippen molar-refractivity contribution in [2.24, 2.45) is 5.73 Å². The fourth-order valence-electron chi connectivity index (χ4n) is 0.478. The van der Waals surface area contributed by atoms with Gasteiger partial charge >= 0.3 is 0 Å². The molecular formula is C4H10BrNO3S. The fraction of sp³-hybridized carbons (Fsp3) is 1.00. The summed E-state index contributed by atoms with van der Waals surface area (Å²) >= 11 is 2.38. The van der Waals surface area contributed by atoms with Crippen LogP contribution in [0.3, 0.4) is 0 Å². The molecule has 0 aromatic carbocycles. The Hall–Kier alpha value is 0.350. The molecule has 6 heteroatoms. The average Bonchev–Trinajstić information content (AvgIpc) is 1.60. The van der Waals surface area contributed by atoms with E-state index in [2.05, 4.69) is 19.5 Å². The molecule has 10 heavy (non-hydrogen) atoms. The fourth-order valence-corrected chi connectivity index (χ4v) is 1.71. The Morgan fingerprint density at radius 1 is 1.60 bits per heavy atom. The van der Waals surface area contributed by atoms with Crippen LogP contribution in [0.4, 0.5) is 0 Å². The molecular weight excluding hydrogens is 222 g/mol. The summed E-state index contributed by atoms with van der Waals surface area (Å²) in [4.78, 5) is 0. The molecule has 2 N–H and O–H groups in total. The molecule has 0 amide bonds. The summed E-state index contributed by atoms with van der Waals surface area (Å²) in [5, 5.41) is 0.